The molecule has 0 amide bonds. The first-order valence-electron chi connectivity index (χ1n) is 8.71. The Morgan fingerprint density at radius 2 is 2.14 bits per heavy atom. The van der Waals surface area contributed by atoms with Crippen LogP contribution >= 0.6 is 0 Å². The van der Waals surface area contributed by atoms with Crippen LogP contribution in [0.4, 0.5) is 11.5 Å². The Morgan fingerprint density at radius 1 is 1.18 bits per heavy atom. The molecule has 0 aliphatic carbocycles. The summed E-state index contributed by atoms with van der Waals surface area (Å²) in [6.07, 6.45) is 8.79. The highest BCUT2D eigenvalue weighted by atomic mass is 16.5. The van der Waals surface area contributed by atoms with Crippen LogP contribution in [0.1, 0.15) is 5.69 Å². The monoisotopic (exact) mass is 372 g/mol. The van der Waals surface area contributed by atoms with Crippen molar-refractivity contribution in [1.82, 2.24) is 20.2 Å². The van der Waals surface area contributed by atoms with E-state index in [1.165, 1.54) is 6.33 Å². The molecule has 0 saturated carbocycles. The number of rotatable bonds is 5. The van der Waals surface area contributed by atoms with E-state index in [4.69, 9.17) is 9.15 Å². The second-order valence-corrected chi connectivity index (χ2v) is 6.20. The standard InChI is InChI=1S/C20H16N6O2/c1-27-16-5-4-12(13-6-8-28-10-13)9-15(16)24-19-17-18(14-3-2-7-21-14)25-26-20(17)23-11-22-19/h2-6,8-11H,7H2,1H3,(H2,22,23,24,25,26). The molecule has 5 rings (SSSR count). The molecule has 1 aliphatic rings. The molecule has 3 aromatic heterocycles. The van der Waals surface area contributed by atoms with Gasteiger partial charge in [0.15, 0.2) is 5.65 Å². The molecule has 4 aromatic rings. The van der Waals surface area contributed by atoms with E-state index in [1.807, 2.05) is 36.4 Å². The summed E-state index contributed by atoms with van der Waals surface area (Å²) in [5.41, 5.74) is 4.94. The van der Waals surface area contributed by atoms with Crippen molar-refractivity contribution < 1.29 is 9.15 Å². The Bertz CT molecular complexity index is 1210. The van der Waals surface area contributed by atoms with E-state index in [0.29, 0.717) is 23.8 Å². The largest absolute Gasteiger partial charge is 0.495 e. The van der Waals surface area contributed by atoms with Gasteiger partial charge in [0, 0.05) is 5.56 Å². The van der Waals surface area contributed by atoms with Crippen molar-refractivity contribution in [2.45, 2.75) is 0 Å². The van der Waals surface area contributed by atoms with Crippen LogP contribution < -0.4 is 10.1 Å². The zero-order valence-electron chi connectivity index (χ0n) is 15.0. The number of furan rings is 1. The third-order valence-corrected chi connectivity index (χ3v) is 4.56. The summed E-state index contributed by atoms with van der Waals surface area (Å²) in [7, 11) is 1.63. The maximum Gasteiger partial charge on any atom is 0.186 e. The zero-order chi connectivity index (χ0) is 18.9. The molecule has 0 saturated heterocycles. The molecule has 8 nitrogen and oxygen atoms in total. The van der Waals surface area contributed by atoms with Gasteiger partial charge in [-0.05, 0) is 29.8 Å². The van der Waals surface area contributed by atoms with Crippen molar-refractivity contribution in [2.24, 2.45) is 4.99 Å². The fourth-order valence-electron chi connectivity index (χ4n) is 3.21. The smallest absolute Gasteiger partial charge is 0.186 e. The Balaban J connectivity index is 1.61. The molecule has 28 heavy (non-hydrogen) atoms. The lowest BCUT2D eigenvalue weighted by molar-refractivity contribution is 0.417. The lowest BCUT2D eigenvalue weighted by Crippen LogP contribution is -2.01. The number of hydrogen-bond acceptors (Lipinski definition) is 7. The fourth-order valence-corrected chi connectivity index (χ4v) is 3.21. The average molecular weight is 372 g/mol. The summed E-state index contributed by atoms with van der Waals surface area (Å²) in [6.45, 7) is 0.660. The van der Waals surface area contributed by atoms with Crippen LogP contribution in [0.5, 0.6) is 5.75 Å². The molecule has 0 bridgehead atoms. The average Bonchev–Trinajstić information content (AvgIpc) is 3.49. The molecule has 1 aromatic carbocycles. The molecule has 138 valence electrons. The van der Waals surface area contributed by atoms with E-state index in [1.54, 1.807) is 19.6 Å². The Kier molecular flexibility index (Phi) is 3.86. The van der Waals surface area contributed by atoms with Crippen LogP contribution in [-0.2, 0) is 0 Å². The van der Waals surface area contributed by atoms with Gasteiger partial charge in [0.2, 0.25) is 0 Å². The number of anilines is 2. The number of ether oxygens (including phenoxy) is 1. The van der Waals surface area contributed by atoms with Gasteiger partial charge >= 0.3 is 0 Å². The molecule has 2 N–H and O–H groups in total. The van der Waals surface area contributed by atoms with E-state index in [9.17, 15) is 0 Å². The molecular weight excluding hydrogens is 356 g/mol. The molecule has 8 heteroatoms. The number of hydrogen-bond donors (Lipinski definition) is 2. The van der Waals surface area contributed by atoms with Crippen molar-refractivity contribution in [3.63, 3.8) is 0 Å². The van der Waals surface area contributed by atoms with Crippen molar-refractivity contribution in [3.8, 4) is 16.9 Å². The predicted molar refractivity (Wildman–Crippen MR) is 106 cm³/mol. The summed E-state index contributed by atoms with van der Waals surface area (Å²) >= 11 is 0. The highest BCUT2D eigenvalue weighted by Crippen LogP contribution is 2.34. The minimum Gasteiger partial charge on any atom is -0.495 e. The van der Waals surface area contributed by atoms with Gasteiger partial charge in [-0.1, -0.05) is 12.1 Å². The van der Waals surface area contributed by atoms with Gasteiger partial charge in [-0.2, -0.15) is 5.10 Å². The normalized spacial score (nSPS) is 13.1. The second-order valence-electron chi connectivity index (χ2n) is 6.20. The number of nitrogens with one attached hydrogen (secondary N) is 2. The predicted octanol–water partition coefficient (Wildman–Crippen LogP) is 3.72. The lowest BCUT2D eigenvalue weighted by Gasteiger charge is -2.13. The molecular formula is C20H16N6O2. The number of aromatic nitrogens is 4. The number of allylic oxidation sites excluding steroid dienone is 1. The summed E-state index contributed by atoms with van der Waals surface area (Å²) < 4.78 is 10.7. The zero-order valence-corrected chi connectivity index (χ0v) is 15.0. The van der Waals surface area contributed by atoms with E-state index >= 15 is 0 Å². The van der Waals surface area contributed by atoms with E-state index in [-0.39, 0.29) is 0 Å². The molecule has 0 atom stereocenters. The molecule has 4 heterocycles. The van der Waals surface area contributed by atoms with Crippen molar-refractivity contribution in [1.29, 1.82) is 0 Å². The number of nitrogens with zero attached hydrogens (tertiary/aromatic N) is 4. The van der Waals surface area contributed by atoms with Gasteiger partial charge in [-0.15, -0.1) is 0 Å². The summed E-state index contributed by atoms with van der Waals surface area (Å²) in [5.74, 6) is 1.32. The molecule has 0 unspecified atom stereocenters. The van der Waals surface area contributed by atoms with E-state index < -0.39 is 0 Å². The number of aromatic amines is 1. The van der Waals surface area contributed by atoms with Crippen molar-refractivity contribution in [2.75, 3.05) is 19.0 Å². The lowest BCUT2D eigenvalue weighted by atomic mass is 10.1. The third-order valence-electron chi connectivity index (χ3n) is 4.56. The Morgan fingerprint density at radius 3 is 2.93 bits per heavy atom. The maximum absolute atomic E-state index is 5.53. The van der Waals surface area contributed by atoms with Crippen LogP contribution in [0, 0.1) is 0 Å². The maximum atomic E-state index is 5.53. The Labute approximate surface area is 160 Å². The summed E-state index contributed by atoms with van der Waals surface area (Å²) in [6, 6.07) is 7.78. The first-order chi connectivity index (χ1) is 13.8. The van der Waals surface area contributed by atoms with Gasteiger partial charge in [0.1, 0.15) is 17.9 Å². The van der Waals surface area contributed by atoms with Crippen LogP contribution in [0.3, 0.4) is 0 Å². The quantitative estimate of drug-likeness (QED) is 0.554. The van der Waals surface area contributed by atoms with Gasteiger partial charge in [0.05, 0.1) is 48.7 Å². The highest BCUT2D eigenvalue weighted by molar-refractivity contribution is 6.17. The van der Waals surface area contributed by atoms with Gasteiger partial charge in [0.25, 0.3) is 0 Å². The van der Waals surface area contributed by atoms with Gasteiger partial charge in [-0.25, -0.2) is 9.97 Å². The first kappa shape index (κ1) is 16.2. The molecule has 0 radical (unpaired) electrons. The summed E-state index contributed by atoms with van der Waals surface area (Å²) in [5, 5.41) is 11.5. The fraction of sp³-hybridized carbons (Fsp3) is 0.100. The number of benzene rings is 1. The minimum absolute atomic E-state index is 0.570. The SMILES string of the molecule is COc1ccc(-c2ccoc2)cc1Nc1ncnc2n[nH]c(C3=NCC=C3)c12. The number of H-pyrrole nitrogens is 1. The van der Waals surface area contributed by atoms with Gasteiger partial charge in [-0.3, -0.25) is 10.1 Å². The van der Waals surface area contributed by atoms with Crippen LogP contribution in [0.15, 0.2) is 64.7 Å². The van der Waals surface area contributed by atoms with Crippen LogP contribution in [0.2, 0.25) is 0 Å². The summed E-state index contributed by atoms with van der Waals surface area (Å²) in [4.78, 5) is 13.2. The highest BCUT2D eigenvalue weighted by Gasteiger charge is 2.18. The Hall–Kier alpha value is -3.94. The molecule has 0 spiro atoms. The van der Waals surface area contributed by atoms with E-state index in [2.05, 4.69) is 30.5 Å². The van der Waals surface area contributed by atoms with Crippen molar-refractivity contribution in [3.05, 3.63) is 61.0 Å². The number of fused-ring (bicyclic) bond motifs is 1. The topological polar surface area (TPSA) is 101 Å². The number of aliphatic imine (C=N–C) groups is 1. The first-order valence-corrected chi connectivity index (χ1v) is 8.71. The minimum atomic E-state index is 0.570. The van der Waals surface area contributed by atoms with Crippen LogP contribution in [0.25, 0.3) is 22.2 Å². The third kappa shape index (κ3) is 2.71. The van der Waals surface area contributed by atoms with Gasteiger partial charge < -0.3 is 14.5 Å². The number of methoxy groups -OCH3 is 1. The molecule has 1 aliphatic heterocycles. The van der Waals surface area contributed by atoms with Crippen molar-refractivity contribution >= 4 is 28.3 Å². The molecule has 0 fully saturated rings. The second kappa shape index (κ2) is 6.66. The van der Waals surface area contributed by atoms with E-state index in [0.717, 1.165) is 33.6 Å². The van der Waals surface area contributed by atoms with Crippen LogP contribution in [-0.4, -0.2) is 39.5 Å².